The number of hydrogen-bond donors (Lipinski definition) is 2. The summed E-state index contributed by atoms with van der Waals surface area (Å²) in [5, 5.41) is 2.84. The Morgan fingerprint density at radius 1 is 1.11 bits per heavy atom. The van der Waals surface area contributed by atoms with Crippen LogP contribution in [0.2, 0.25) is 0 Å². The van der Waals surface area contributed by atoms with Crippen LogP contribution in [0.25, 0.3) is 0 Å². The summed E-state index contributed by atoms with van der Waals surface area (Å²) in [6, 6.07) is 17.2. The maximum Gasteiger partial charge on any atom is 0.321 e. The highest BCUT2D eigenvalue weighted by molar-refractivity contribution is 5.98. The van der Waals surface area contributed by atoms with Gasteiger partial charge in [-0.15, -0.1) is 0 Å². The molecule has 0 saturated carbocycles. The van der Waals surface area contributed by atoms with Crippen LogP contribution in [-0.4, -0.2) is 49.6 Å². The normalized spacial score (nSPS) is 14.0. The fourth-order valence-electron chi connectivity index (χ4n) is 3.24. The molecule has 0 spiro atoms. The van der Waals surface area contributed by atoms with Crippen LogP contribution in [0.5, 0.6) is 0 Å². The number of nitrogens with one attached hydrogen (secondary N) is 1. The van der Waals surface area contributed by atoms with E-state index in [-0.39, 0.29) is 11.9 Å². The number of urea groups is 1. The minimum absolute atomic E-state index is 0.0596. The Bertz CT molecular complexity index is 779. The summed E-state index contributed by atoms with van der Waals surface area (Å²) in [5.41, 5.74) is 8.23. The maximum atomic E-state index is 13.0. The molecular formula is C21H26N4O2. The topological polar surface area (TPSA) is 78.7 Å². The molecule has 1 fully saturated rings. The second-order valence-electron chi connectivity index (χ2n) is 6.60. The number of carbonyl (C=O) groups excluding carboxylic acids is 2. The van der Waals surface area contributed by atoms with Gasteiger partial charge in [-0.3, -0.25) is 9.69 Å². The van der Waals surface area contributed by atoms with Gasteiger partial charge in [0.05, 0.1) is 0 Å². The Morgan fingerprint density at radius 3 is 2.67 bits per heavy atom. The van der Waals surface area contributed by atoms with Crippen molar-refractivity contribution in [1.82, 2.24) is 10.2 Å². The molecule has 2 aromatic rings. The van der Waals surface area contributed by atoms with E-state index in [1.54, 1.807) is 21.9 Å². The lowest BCUT2D eigenvalue weighted by atomic mass is 10.1. The first-order valence-electron chi connectivity index (χ1n) is 9.38. The molecule has 1 heterocycles. The van der Waals surface area contributed by atoms with Gasteiger partial charge < -0.3 is 16.0 Å². The van der Waals surface area contributed by atoms with Crippen molar-refractivity contribution in [3.8, 4) is 0 Å². The molecule has 0 aromatic heterocycles. The summed E-state index contributed by atoms with van der Waals surface area (Å²) in [6.07, 6.45) is 1.67. The SMILES string of the molecule is NCCN(CCc1ccccc1)C(=O)c1cccc(N2CCCNC2=O)c1. The smallest absolute Gasteiger partial charge is 0.321 e. The Hall–Kier alpha value is -2.86. The van der Waals surface area contributed by atoms with Crippen molar-refractivity contribution in [2.45, 2.75) is 12.8 Å². The molecule has 6 heteroatoms. The second kappa shape index (κ2) is 9.19. The molecule has 142 valence electrons. The van der Waals surface area contributed by atoms with Gasteiger partial charge in [0.25, 0.3) is 5.91 Å². The van der Waals surface area contributed by atoms with Crippen LogP contribution in [0.3, 0.4) is 0 Å². The number of benzene rings is 2. The largest absolute Gasteiger partial charge is 0.338 e. The molecule has 0 aliphatic carbocycles. The predicted octanol–water partition coefficient (Wildman–Crippen LogP) is 2.25. The standard InChI is InChI=1S/C21H26N4O2/c22-11-15-24(14-10-17-6-2-1-3-7-17)20(26)18-8-4-9-19(16-18)25-13-5-12-23-21(25)27/h1-4,6-9,16H,5,10-15,22H2,(H,23,27). The van der Waals surface area contributed by atoms with E-state index in [1.807, 2.05) is 30.3 Å². The van der Waals surface area contributed by atoms with E-state index < -0.39 is 0 Å². The van der Waals surface area contributed by atoms with Crippen molar-refractivity contribution in [2.75, 3.05) is 37.6 Å². The number of carbonyl (C=O) groups is 2. The van der Waals surface area contributed by atoms with Gasteiger partial charge in [0.1, 0.15) is 0 Å². The first kappa shape index (κ1) is 18.9. The summed E-state index contributed by atoms with van der Waals surface area (Å²) in [6.45, 7) is 2.87. The number of nitrogens with zero attached hydrogens (tertiary/aromatic N) is 2. The molecule has 2 aromatic carbocycles. The molecule has 3 amide bonds. The average Bonchev–Trinajstić information content (AvgIpc) is 2.72. The zero-order valence-electron chi connectivity index (χ0n) is 15.4. The summed E-state index contributed by atoms with van der Waals surface area (Å²) >= 11 is 0. The van der Waals surface area contributed by atoms with E-state index in [0.717, 1.165) is 18.5 Å². The third-order valence-corrected chi connectivity index (χ3v) is 4.68. The van der Waals surface area contributed by atoms with Crippen molar-refractivity contribution < 1.29 is 9.59 Å². The van der Waals surface area contributed by atoms with Crippen molar-refractivity contribution >= 4 is 17.6 Å². The van der Waals surface area contributed by atoms with Crippen molar-refractivity contribution in [3.63, 3.8) is 0 Å². The number of nitrogens with two attached hydrogens (primary N) is 1. The van der Waals surface area contributed by atoms with Crippen LogP contribution in [0.15, 0.2) is 54.6 Å². The van der Waals surface area contributed by atoms with Crippen LogP contribution < -0.4 is 16.0 Å². The molecule has 27 heavy (non-hydrogen) atoms. The van der Waals surface area contributed by atoms with Gasteiger partial charge in [0, 0.05) is 44.0 Å². The summed E-state index contributed by atoms with van der Waals surface area (Å²) in [5.74, 6) is -0.0596. The third kappa shape index (κ3) is 4.86. The molecular weight excluding hydrogens is 340 g/mol. The Labute approximate surface area is 159 Å². The van der Waals surface area contributed by atoms with Gasteiger partial charge in [-0.05, 0) is 36.6 Å². The Kier molecular flexibility index (Phi) is 6.44. The summed E-state index contributed by atoms with van der Waals surface area (Å²) < 4.78 is 0. The van der Waals surface area contributed by atoms with Crippen LogP contribution in [0, 0.1) is 0 Å². The molecule has 3 N–H and O–H groups in total. The van der Waals surface area contributed by atoms with E-state index in [2.05, 4.69) is 17.4 Å². The van der Waals surface area contributed by atoms with Gasteiger partial charge in [0.15, 0.2) is 0 Å². The fraction of sp³-hybridized carbons (Fsp3) is 0.333. The quantitative estimate of drug-likeness (QED) is 0.789. The highest BCUT2D eigenvalue weighted by Crippen LogP contribution is 2.19. The number of hydrogen-bond acceptors (Lipinski definition) is 3. The monoisotopic (exact) mass is 366 g/mol. The lowest BCUT2D eigenvalue weighted by Gasteiger charge is -2.28. The fourth-order valence-corrected chi connectivity index (χ4v) is 3.24. The van der Waals surface area contributed by atoms with Gasteiger partial charge in [-0.25, -0.2) is 4.79 Å². The molecule has 6 nitrogen and oxygen atoms in total. The molecule has 0 bridgehead atoms. The number of amides is 3. The number of anilines is 1. The van der Waals surface area contributed by atoms with Gasteiger partial charge in [0.2, 0.25) is 0 Å². The van der Waals surface area contributed by atoms with E-state index in [0.29, 0.717) is 38.3 Å². The lowest BCUT2D eigenvalue weighted by molar-refractivity contribution is 0.0762. The summed E-state index contributed by atoms with van der Waals surface area (Å²) in [7, 11) is 0. The molecule has 0 radical (unpaired) electrons. The van der Waals surface area contributed by atoms with Gasteiger partial charge >= 0.3 is 6.03 Å². The first-order chi connectivity index (χ1) is 13.2. The van der Waals surface area contributed by atoms with Crippen LogP contribution in [0.1, 0.15) is 22.3 Å². The minimum Gasteiger partial charge on any atom is -0.338 e. The van der Waals surface area contributed by atoms with Gasteiger partial charge in [-0.2, -0.15) is 0 Å². The van der Waals surface area contributed by atoms with E-state index in [1.165, 1.54) is 5.56 Å². The highest BCUT2D eigenvalue weighted by Gasteiger charge is 2.21. The molecule has 1 aliphatic heterocycles. The number of rotatable bonds is 7. The Morgan fingerprint density at radius 2 is 1.93 bits per heavy atom. The van der Waals surface area contributed by atoms with Crippen molar-refractivity contribution in [1.29, 1.82) is 0 Å². The van der Waals surface area contributed by atoms with Crippen LogP contribution >= 0.6 is 0 Å². The van der Waals surface area contributed by atoms with E-state index >= 15 is 0 Å². The third-order valence-electron chi connectivity index (χ3n) is 4.68. The van der Waals surface area contributed by atoms with E-state index in [9.17, 15) is 9.59 Å². The molecule has 3 rings (SSSR count). The Balaban J connectivity index is 1.73. The van der Waals surface area contributed by atoms with Crippen LogP contribution in [0.4, 0.5) is 10.5 Å². The minimum atomic E-state index is -0.117. The van der Waals surface area contributed by atoms with Gasteiger partial charge in [-0.1, -0.05) is 36.4 Å². The van der Waals surface area contributed by atoms with Crippen molar-refractivity contribution in [2.24, 2.45) is 5.73 Å². The molecule has 0 unspecified atom stereocenters. The van der Waals surface area contributed by atoms with Crippen LogP contribution in [-0.2, 0) is 6.42 Å². The van der Waals surface area contributed by atoms with Crippen molar-refractivity contribution in [3.05, 3.63) is 65.7 Å². The maximum absolute atomic E-state index is 13.0. The highest BCUT2D eigenvalue weighted by atomic mass is 16.2. The predicted molar refractivity (Wildman–Crippen MR) is 107 cm³/mol. The zero-order valence-corrected chi connectivity index (χ0v) is 15.4. The van der Waals surface area contributed by atoms with E-state index in [4.69, 9.17) is 5.73 Å². The molecule has 1 aliphatic rings. The molecule has 0 atom stereocenters. The first-order valence-corrected chi connectivity index (χ1v) is 9.38. The summed E-state index contributed by atoms with van der Waals surface area (Å²) in [4.78, 5) is 28.6. The zero-order chi connectivity index (χ0) is 19.1. The second-order valence-corrected chi connectivity index (χ2v) is 6.60. The lowest BCUT2D eigenvalue weighted by Crippen LogP contribution is -2.46. The average molecular weight is 366 g/mol. The molecule has 1 saturated heterocycles.